The fourth-order valence-corrected chi connectivity index (χ4v) is 4.81. The van der Waals surface area contributed by atoms with Gasteiger partial charge in [0.15, 0.2) is 5.78 Å². The highest BCUT2D eigenvalue weighted by Gasteiger charge is 2.27. The van der Waals surface area contributed by atoms with Gasteiger partial charge in [-0.05, 0) is 35.6 Å². The molecule has 4 rings (SSSR count). The lowest BCUT2D eigenvalue weighted by Crippen LogP contribution is -2.37. The molecule has 9 heteroatoms. The Morgan fingerprint density at radius 1 is 1.22 bits per heavy atom. The number of aromatic nitrogens is 3. The highest BCUT2D eigenvalue weighted by molar-refractivity contribution is 7.99. The number of carbonyl (C=O) groups is 1. The van der Waals surface area contributed by atoms with Crippen molar-refractivity contribution in [3.05, 3.63) is 65.0 Å². The molecule has 1 saturated heterocycles. The molecule has 0 radical (unpaired) electrons. The van der Waals surface area contributed by atoms with Crippen molar-refractivity contribution >= 4 is 29.4 Å². The number of ether oxygens (including phenoxy) is 2. The van der Waals surface area contributed by atoms with Crippen LogP contribution in [0.1, 0.15) is 47.8 Å². The molecule has 190 valence electrons. The first-order chi connectivity index (χ1) is 17.3. The molecule has 0 spiro atoms. The molecule has 1 aromatic heterocycles. The highest BCUT2D eigenvalue weighted by atomic mass is 32.2. The Bertz CT molecular complexity index is 1240. The summed E-state index contributed by atoms with van der Waals surface area (Å²) >= 11 is 1.32. The van der Waals surface area contributed by atoms with Crippen molar-refractivity contribution in [2.24, 2.45) is 5.10 Å². The Balaban J connectivity index is 1.56. The first kappa shape index (κ1) is 25.9. The second-order valence-corrected chi connectivity index (χ2v) is 10.6. The van der Waals surface area contributed by atoms with Gasteiger partial charge in [0, 0.05) is 24.2 Å². The van der Waals surface area contributed by atoms with Gasteiger partial charge in [0.25, 0.3) is 0 Å². The number of hydrogen-bond acceptors (Lipinski definition) is 8. The van der Waals surface area contributed by atoms with E-state index in [4.69, 9.17) is 9.47 Å². The van der Waals surface area contributed by atoms with Crippen molar-refractivity contribution in [3.8, 4) is 5.75 Å². The minimum atomic E-state index is -0.194. The Labute approximate surface area is 216 Å². The number of nitrogens with zero attached hydrogens (tertiary/aromatic N) is 5. The topological polar surface area (TPSA) is 81.8 Å². The van der Waals surface area contributed by atoms with Crippen LogP contribution >= 0.6 is 11.8 Å². The molecule has 8 nitrogen and oxygen atoms in total. The van der Waals surface area contributed by atoms with E-state index in [2.05, 4.69) is 41.0 Å². The second kappa shape index (κ2) is 11.3. The molecule has 0 amide bonds. The molecule has 1 aliphatic heterocycles. The zero-order valence-corrected chi connectivity index (χ0v) is 22.3. The van der Waals surface area contributed by atoms with Crippen LogP contribution in [-0.4, -0.2) is 66.0 Å². The van der Waals surface area contributed by atoms with Gasteiger partial charge in [-0.25, -0.2) is 0 Å². The number of rotatable bonds is 8. The van der Waals surface area contributed by atoms with Gasteiger partial charge in [-0.3, -0.25) is 4.79 Å². The predicted octanol–water partition coefficient (Wildman–Crippen LogP) is 4.59. The summed E-state index contributed by atoms with van der Waals surface area (Å²) < 4.78 is 13.0. The fourth-order valence-electron chi connectivity index (χ4n) is 4.05. The summed E-state index contributed by atoms with van der Waals surface area (Å²) in [5.74, 6) is 1.05. The van der Waals surface area contributed by atoms with Crippen LogP contribution in [0, 0.1) is 6.92 Å². The summed E-state index contributed by atoms with van der Waals surface area (Å²) in [6.45, 7) is 11.3. The van der Waals surface area contributed by atoms with Crippen molar-refractivity contribution in [1.82, 2.24) is 14.9 Å². The summed E-state index contributed by atoms with van der Waals surface area (Å²) in [6, 6.07) is 11.9. The third-order valence-electron chi connectivity index (χ3n) is 6.10. The quantitative estimate of drug-likeness (QED) is 0.251. The summed E-state index contributed by atoms with van der Waals surface area (Å²) in [4.78, 5) is 15.6. The van der Waals surface area contributed by atoms with Crippen molar-refractivity contribution in [2.75, 3.05) is 44.1 Å². The zero-order valence-electron chi connectivity index (χ0n) is 21.5. The van der Waals surface area contributed by atoms with Crippen LogP contribution in [0.25, 0.3) is 0 Å². The molecule has 0 saturated carbocycles. The minimum absolute atomic E-state index is 0.0140. The van der Waals surface area contributed by atoms with Crippen LogP contribution in [-0.2, 0) is 10.2 Å². The highest BCUT2D eigenvalue weighted by Crippen LogP contribution is 2.40. The third kappa shape index (κ3) is 5.96. The van der Waals surface area contributed by atoms with E-state index in [1.807, 2.05) is 43.3 Å². The van der Waals surface area contributed by atoms with Crippen LogP contribution in [0.15, 0.2) is 53.0 Å². The first-order valence-corrected chi connectivity index (χ1v) is 13.0. The SMILES string of the molecule is COc1c(N2CCOCC2)cc(C(=O)CSc2nncn2/N=C/c2ccccc2C)cc1C(C)(C)C. The molecule has 2 heterocycles. The lowest BCUT2D eigenvalue weighted by Gasteiger charge is -2.33. The number of anilines is 1. The maximum atomic E-state index is 13.4. The average molecular weight is 508 g/mol. The lowest BCUT2D eigenvalue weighted by molar-refractivity contribution is 0.102. The number of thioether (sulfide) groups is 1. The Kier molecular flexibility index (Phi) is 8.11. The van der Waals surface area contributed by atoms with Gasteiger partial charge >= 0.3 is 0 Å². The van der Waals surface area contributed by atoms with Crippen LogP contribution in [0.3, 0.4) is 0 Å². The van der Waals surface area contributed by atoms with Gasteiger partial charge in [0.05, 0.1) is 38.0 Å². The fraction of sp³-hybridized carbons (Fsp3) is 0.407. The average Bonchev–Trinajstić information content (AvgIpc) is 3.33. The number of aryl methyl sites for hydroxylation is 1. The van der Waals surface area contributed by atoms with Crippen molar-refractivity contribution in [3.63, 3.8) is 0 Å². The standard InChI is InChI=1S/C27H33N5O3S/c1-19-8-6-7-9-20(19)16-29-32-18-28-30-26(32)36-17-24(33)21-14-22(27(2,3)4)25(34-5)23(15-21)31-10-12-35-13-11-31/h6-9,14-16,18H,10-13,17H2,1-5H3/b29-16+. The Morgan fingerprint density at radius 2 is 1.97 bits per heavy atom. The molecule has 0 unspecified atom stereocenters. The second-order valence-electron chi connectivity index (χ2n) is 9.70. The summed E-state index contributed by atoms with van der Waals surface area (Å²) in [5.41, 5.74) is 4.55. The third-order valence-corrected chi connectivity index (χ3v) is 7.03. The molecular weight excluding hydrogens is 474 g/mol. The molecule has 0 N–H and O–H groups in total. The molecule has 3 aromatic rings. The van der Waals surface area contributed by atoms with Crippen LogP contribution in [0.5, 0.6) is 5.75 Å². The van der Waals surface area contributed by atoms with Crippen molar-refractivity contribution < 1.29 is 14.3 Å². The van der Waals surface area contributed by atoms with E-state index in [1.165, 1.54) is 11.8 Å². The lowest BCUT2D eigenvalue weighted by atomic mass is 9.84. The number of morpholine rings is 1. The van der Waals surface area contributed by atoms with E-state index in [1.54, 1.807) is 24.3 Å². The molecule has 36 heavy (non-hydrogen) atoms. The van der Waals surface area contributed by atoms with E-state index >= 15 is 0 Å². The molecular formula is C27H33N5O3S. The first-order valence-electron chi connectivity index (χ1n) is 12.0. The zero-order chi connectivity index (χ0) is 25.7. The maximum Gasteiger partial charge on any atom is 0.212 e. The summed E-state index contributed by atoms with van der Waals surface area (Å²) in [6.07, 6.45) is 3.32. The van der Waals surface area contributed by atoms with Gasteiger partial charge in [-0.1, -0.05) is 56.8 Å². The van der Waals surface area contributed by atoms with Gasteiger partial charge in [0.2, 0.25) is 5.16 Å². The number of ketones is 1. The number of carbonyl (C=O) groups excluding carboxylic acids is 1. The van der Waals surface area contributed by atoms with Gasteiger partial charge in [0.1, 0.15) is 12.1 Å². The van der Waals surface area contributed by atoms with Gasteiger partial charge in [-0.2, -0.15) is 9.78 Å². The number of methoxy groups -OCH3 is 1. The predicted molar refractivity (Wildman–Crippen MR) is 144 cm³/mol. The monoisotopic (exact) mass is 507 g/mol. The largest absolute Gasteiger partial charge is 0.494 e. The maximum absolute atomic E-state index is 13.4. The van der Waals surface area contributed by atoms with E-state index in [9.17, 15) is 4.79 Å². The Hall–Kier alpha value is -3.17. The van der Waals surface area contributed by atoms with E-state index < -0.39 is 0 Å². The van der Waals surface area contributed by atoms with Crippen molar-refractivity contribution in [2.45, 2.75) is 38.3 Å². The molecule has 1 aliphatic rings. The Morgan fingerprint density at radius 3 is 2.67 bits per heavy atom. The van der Waals surface area contributed by atoms with E-state index in [-0.39, 0.29) is 17.0 Å². The van der Waals surface area contributed by atoms with Gasteiger partial charge < -0.3 is 14.4 Å². The number of hydrogen-bond donors (Lipinski definition) is 0. The molecule has 0 bridgehead atoms. The summed E-state index contributed by atoms with van der Waals surface area (Å²) in [7, 11) is 1.69. The minimum Gasteiger partial charge on any atom is -0.494 e. The van der Waals surface area contributed by atoms with E-state index in [0.717, 1.165) is 41.2 Å². The molecule has 0 atom stereocenters. The normalized spacial score (nSPS) is 14.4. The number of benzene rings is 2. The molecule has 0 aliphatic carbocycles. The molecule has 2 aromatic carbocycles. The number of Topliss-reactive ketones (excluding diaryl/α,β-unsaturated/α-hetero) is 1. The van der Waals surface area contributed by atoms with Crippen molar-refractivity contribution in [1.29, 1.82) is 0 Å². The van der Waals surface area contributed by atoms with Gasteiger partial charge in [-0.15, -0.1) is 10.2 Å². The summed E-state index contributed by atoms with van der Waals surface area (Å²) in [5, 5.41) is 13.2. The molecule has 1 fully saturated rings. The van der Waals surface area contributed by atoms with Crippen LogP contribution < -0.4 is 9.64 Å². The van der Waals surface area contributed by atoms with Crippen LogP contribution in [0.2, 0.25) is 0 Å². The van der Waals surface area contributed by atoms with Crippen LogP contribution in [0.4, 0.5) is 5.69 Å². The smallest absolute Gasteiger partial charge is 0.212 e. The van der Waals surface area contributed by atoms with E-state index in [0.29, 0.717) is 23.9 Å².